The molecule has 3 N–H and O–H groups in total. The molecule has 0 spiro atoms. The summed E-state index contributed by atoms with van der Waals surface area (Å²) in [5.74, 6) is 7.21. The van der Waals surface area contributed by atoms with E-state index in [0.29, 0.717) is 23.0 Å². The Morgan fingerprint density at radius 1 is 0.950 bits per heavy atom. The third kappa shape index (κ3) is 6.79. The predicted octanol–water partition coefficient (Wildman–Crippen LogP) is 4.49. The summed E-state index contributed by atoms with van der Waals surface area (Å²) in [4.78, 5) is 31.8. The van der Waals surface area contributed by atoms with Gasteiger partial charge in [0.15, 0.2) is 0 Å². The fraction of sp³-hybridized carbons (Fsp3) is 0.258. The Kier molecular flexibility index (Phi) is 8.28. The number of aliphatic hydroxyl groups is 1. The van der Waals surface area contributed by atoms with Crippen LogP contribution in [0.4, 0.5) is 17.5 Å². The van der Waals surface area contributed by atoms with Gasteiger partial charge in [-0.3, -0.25) is 9.78 Å². The third-order valence-corrected chi connectivity index (χ3v) is 6.66. The molecule has 0 radical (unpaired) electrons. The lowest BCUT2D eigenvalue weighted by Crippen LogP contribution is -2.29. The van der Waals surface area contributed by atoms with Gasteiger partial charge in [0.2, 0.25) is 5.95 Å². The molecule has 1 amide bonds. The number of aliphatic hydroxyl groups excluding tert-OH is 1. The van der Waals surface area contributed by atoms with Crippen molar-refractivity contribution in [2.24, 2.45) is 0 Å². The number of benzene rings is 1. The van der Waals surface area contributed by atoms with Gasteiger partial charge in [0.25, 0.3) is 5.91 Å². The molecule has 0 unspecified atom stereocenters. The van der Waals surface area contributed by atoms with E-state index in [-0.39, 0.29) is 18.1 Å². The quantitative estimate of drug-likeness (QED) is 0.311. The molecule has 0 atom stereocenters. The minimum absolute atomic E-state index is 0.0907. The van der Waals surface area contributed by atoms with Gasteiger partial charge in [-0.1, -0.05) is 12.0 Å². The summed E-state index contributed by atoms with van der Waals surface area (Å²) in [7, 11) is 3.42. The van der Waals surface area contributed by atoms with Gasteiger partial charge >= 0.3 is 0 Å². The summed E-state index contributed by atoms with van der Waals surface area (Å²) >= 11 is 0. The van der Waals surface area contributed by atoms with Crippen LogP contribution in [0.3, 0.4) is 0 Å². The molecule has 9 heteroatoms. The highest BCUT2D eigenvalue weighted by atomic mass is 16.3. The topological polar surface area (TPSA) is 116 Å². The maximum Gasteiger partial charge on any atom is 0.253 e. The molecular formula is C31H31N7O2. The van der Waals surface area contributed by atoms with Crippen LogP contribution in [-0.4, -0.2) is 62.1 Å². The summed E-state index contributed by atoms with van der Waals surface area (Å²) in [6, 6.07) is 17.0. The van der Waals surface area contributed by atoms with Crippen LogP contribution in [0.1, 0.15) is 47.3 Å². The van der Waals surface area contributed by atoms with Crippen molar-refractivity contribution in [2.45, 2.75) is 37.8 Å². The number of aromatic nitrogens is 4. The van der Waals surface area contributed by atoms with Crippen molar-refractivity contribution in [3.8, 4) is 23.1 Å². The molecule has 0 saturated heterocycles. The lowest BCUT2D eigenvalue weighted by atomic mass is 9.93. The van der Waals surface area contributed by atoms with E-state index >= 15 is 0 Å². The van der Waals surface area contributed by atoms with Crippen molar-refractivity contribution in [3.05, 3.63) is 90.0 Å². The van der Waals surface area contributed by atoms with Gasteiger partial charge in [0, 0.05) is 55.5 Å². The lowest BCUT2D eigenvalue weighted by Gasteiger charge is -2.27. The highest BCUT2D eigenvalue weighted by Gasteiger charge is 2.21. The van der Waals surface area contributed by atoms with Crippen molar-refractivity contribution in [1.29, 1.82) is 0 Å². The van der Waals surface area contributed by atoms with E-state index in [4.69, 9.17) is 4.98 Å². The molecule has 4 aromatic rings. The largest absolute Gasteiger partial charge is 0.393 e. The molecule has 1 fully saturated rings. The highest BCUT2D eigenvalue weighted by molar-refractivity contribution is 5.94. The Labute approximate surface area is 233 Å². The van der Waals surface area contributed by atoms with Gasteiger partial charge in [0.1, 0.15) is 11.5 Å². The summed E-state index contributed by atoms with van der Waals surface area (Å²) in [5.41, 5.74) is 4.33. The van der Waals surface area contributed by atoms with Crippen LogP contribution in [0.2, 0.25) is 0 Å². The predicted molar refractivity (Wildman–Crippen MR) is 155 cm³/mol. The van der Waals surface area contributed by atoms with Crippen molar-refractivity contribution in [3.63, 3.8) is 0 Å². The normalized spacial score (nSPS) is 16.4. The first-order valence-corrected chi connectivity index (χ1v) is 13.2. The number of hydrogen-bond donors (Lipinski definition) is 3. The van der Waals surface area contributed by atoms with Crippen molar-refractivity contribution in [2.75, 3.05) is 24.7 Å². The lowest BCUT2D eigenvalue weighted by molar-refractivity contribution is 0.0827. The number of nitrogens with zero attached hydrogens (tertiary/aromatic N) is 5. The fourth-order valence-electron chi connectivity index (χ4n) is 4.47. The molecule has 0 aliphatic heterocycles. The van der Waals surface area contributed by atoms with Crippen molar-refractivity contribution >= 4 is 23.4 Å². The standard InChI is InChI=1S/C31H31N7O2/c1-38(2)30(40)22-16-18-32-25(19-22)11-8-21-6-9-24(10-7-21)36-31-34-20-27(28-5-3-4-17-33-28)29(37-31)35-23-12-14-26(39)15-13-23/h3-7,9-10,16-20,23,26,39H,12-15H2,1-2H3,(H2,34,35,36,37). The van der Waals surface area contributed by atoms with Crippen LogP contribution in [0.5, 0.6) is 0 Å². The number of nitrogens with one attached hydrogen (secondary N) is 2. The van der Waals surface area contributed by atoms with Crippen LogP contribution in [0.15, 0.2) is 73.2 Å². The number of anilines is 3. The van der Waals surface area contributed by atoms with Crippen LogP contribution >= 0.6 is 0 Å². The molecule has 1 saturated carbocycles. The SMILES string of the molecule is CN(C)C(=O)c1ccnc(C#Cc2ccc(Nc3ncc(-c4ccccn4)c(NC4CCC(O)CC4)n3)cc2)c1. The average molecular weight is 534 g/mol. The Morgan fingerprint density at radius 2 is 1.75 bits per heavy atom. The number of carbonyl (C=O) groups excluding carboxylic acids is 1. The second kappa shape index (κ2) is 12.4. The number of amides is 1. The Hall–Kier alpha value is -4.81. The van der Waals surface area contributed by atoms with Crippen molar-refractivity contribution < 1.29 is 9.90 Å². The minimum Gasteiger partial charge on any atom is -0.393 e. The molecule has 1 aliphatic rings. The molecular weight excluding hydrogens is 502 g/mol. The molecule has 1 aromatic carbocycles. The second-order valence-corrected chi connectivity index (χ2v) is 9.90. The first-order chi connectivity index (χ1) is 19.4. The number of hydrogen-bond acceptors (Lipinski definition) is 8. The number of carbonyl (C=O) groups is 1. The smallest absolute Gasteiger partial charge is 0.253 e. The van der Waals surface area contributed by atoms with E-state index in [1.807, 2.05) is 42.5 Å². The summed E-state index contributed by atoms with van der Waals surface area (Å²) < 4.78 is 0. The van der Waals surface area contributed by atoms with E-state index in [9.17, 15) is 9.90 Å². The van der Waals surface area contributed by atoms with Crippen LogP contribution in [-0.2, 0) is 0 Å². The highest BCUT2D eigenvalue weighted by Crippen LogP contribution is 2.29. The second-order valence-electron chi connectivity index (χ2n) is 9.90. The van der Waals surface area contributed by atoms with Gasteiger partial charge in [-0.05, 0) is 80.1 Å². The molecule has 40 heavy (non-hydrogen) atoms. The minimum atomic E-state index is -0.225. The molecule has 3 aromatic heterocycles. The zero-order valence-corrected chi connectivity index (χ0v) is 22.5. The molecule has 1 aliphatic carbocycles. The van der Waals surface area contributed by atoms with E-state index < -0.39 is 0 Å². The molecule has 9 nitrogen and oxygen atoms in total. The van der Waals surface area contributed by atoms with Gasteiger partial charge < -0.3 is 20.6 Å². The third-order valence-electron chi connectivity index (χ3n) is 6.66. The van der Waals surface area contributed by atoms with E-state index in [1.165, 1.54) is 4.90 Å². The number of pyridine rings is 2. The van der Waals surface area contributed by atoms with Crippen LogP contribution in [0.25, 0.3) is 11.3 Å². The Morgan fingerprint density at radius 3 is 2.48 bits per heavy atom. The zero-order chi connectivity index (χ0) is 27.9. The monoisotopic (exact) mass is 533 g/mol. The molecule has 3 heterocycles. The van der Waals surface area contributed by atoms with Gasteiger partial charge in [-0.2, -0.15) is 4.98 Å². The maximum atomic E-state index is 12.2. The van der Waals surface area contributed by atoms with Crippen LogP contribution < -0.4 is 10.6 Å². The zero-order valence-electron chi connectivity index (χ0n) is 22.5. The first kappa shape index (κ1) is 26.8. The van der Waals surface area contributed by atoms with E-state index in [0.717, 1.165) is 48.2 Å². The molecule has 202 valence electrons. The van der Waals surface area contributed by atoms with Crippen LogP contribution in [0, 0.1) is 11.8 Å². The summed E-state index contributed by atoms with van der Waals surface area (Å²) in [6.07, 6.45) is 8.21. The summed E-state index contributed by atoms with van der Waals surface area (Å²) in [5, 5.41) is 16.7. The van der Waals surface area contributed by atoms with Gasteiger partial charge in [-0.25, -0.2) is 9.97 Å². The maximum absolute atomic E-state index is 12.2. The Bertz CT molecular complexity index is 1520. The van der Waals surface area contributed by atoms with Crippen molar-refractivity contribution in [1.82, 2.24) is 24.8 Å². The summed E-state index contributed by atoms with van der Waals surface area (Å²) in [6.45, 7) is 0. The molecule has 5 rings (SSSR count). The fourth-order valence-corrected chi connectivity index (χ4v) is 4.47. The molecule has 0 bridgehead atoms. The first-order valence-electron chi connectivity index (χ1n) is 13.2. The van der Waals surface area contributed by atoms with Gasteiger partial charge in [-0.15, -0.1) is 0 Å². The average Bonchev–Trinajstić information content (AvgIpc) is 2.98. The van der Waals surface area contributed by atoms with E-state index in [2.05, 4.69) is 37.4 Å². The Balaban J connectivity index is 1.31. The van der Waals surface area contributed by atoms with Gasteiger partial charge in [0.05, 0.1) is 17.4 Å². The number of rotatable bonds is 6. The van der Waals surface area contributed by atoms with E-state index in [1.54, 1.807) is 44.8 Å².